The van der Waals surface area contributed by atoms with E-state index in [0.29, 0.717) is 30.2 Å². The molecular weight excluding hydrogens is 618 g/mol. The van der Waals surface area contributed by atoms with Crippen molar-refractivity contribution in [2.45, 2.75) is 69.2 Å². The molecule has 2 aromatic rings. The number of halogens is 1. The number of amides is 3. The molecule has 3 unspecified atom stereocenters. The van der Waals surface area contributed by atoms with Gasteiger partial charge in [0.2, 0.25) is 11.8 Å². The number of nitrogens with zero attached hydrogens (tertiary/aromatic N) is 3. The maximum absolute atomic E-state index is 15.2. The zero-order valence-corrected chi connectivity index (χ0v) is 28.8. The molecule has 246 valence electrons. The van der Waals surface area contributed by atoms with E-state index in [0.717, 1.165) is 17.5 Å². The predicted molar refractivity (Wildman–Crippen MR) is 187 cm³/mol. The van der Waals surface area contributed by atoms with Gasteiger partial charge in [0, 0.05) is 24.9 Å². The van der Waals surface area contributed by atoms with Crippen LogP contribution in [0.3, 0.4) is 0 Å². The van der Waals surface area contributed by atoms with Crippen molar-refractivity contribution in [1.29, 1.82) is 0 Å². The number of para-hydroxylation sites is 1. The highest BCUT2D eigenvalue weighted by Crippen LogP contribution is 2.69. The van der Waals surface area contributed by atoms with E-state index in [1.54, 1.807) is 44.7 Å². The van der Waals surface area contributed by atoms with Gasteiger partial charge in [-0.3, -0.25) is 14.4 Å². The molecule has 7 nitrogen and oxygen atoms in total. The first-order chi connectivity index (χ1) is 22.1. The van der Waals surface area contributed by atoms with Gasteiger partial charge in [0.1, 0.15) is 6.04 Å². The van der Waals surface area contributed by atoms with E-state index in [1.807, 2.05) is 63.2 Å². The average molecular weight is 664 g/mol. The van der Waals surface area contributed by atoms with Crippen LogP contribution < -0.4 is 4.90 Å². The van der Waals surface area contributed by atoms with Gasteiger partial charge in [-0.2, -0.15) is 0 Å². The van der Waals surface area contributed by atoms with Crippen molar-refractivity contribution < 1.29 is 19.5 Å². The second kappa shape index (κ2) is 14.0. The Labute approximate surface area is 282 Å². The molecule has 3 aliphatic rings. The molecule has 0 aromatic heterocycles. The van der Waals surface area contributed by atoms with Gasteiger partial charge in [0.25, 0.3) is 5.91 Å². The van der Waals surface area contributed by atoms with Gasteiger partial charge in [-0.05, 0) is 42.4 Å². The molecule has 3 saturated heterocycles. The van der Waals surface area contributed by atoms with Gasteiger partial charge >= 0.3 is 0 Å². The summed E-state index contributed by atoms with van der Waals surface area (Å²) in [6.45, 7) is 16.6. The Kier molecular flexibility index (Phi) is 10.4. The third-order valence-electron chi connectivity index (χ3n) is 10.5. The Morgan fingerprint density at radius 2 is 1.83 bits per heavy atom. The second-order valence-corrected chi connectivity index (χ2v) is 15.0. The summed E-state index contributed by atoms with van der Waals surface area (Å²) in [5.41, 5.74) is 2.42. The van der Waals surface area contributed by atoms with Gasteiger partial charge in [-0.15, -0.1) is 24.9 Å². The molecule has 3 aliphatic heterocycles. The van der Waals surface area contributed by atoms with Crippen LogP contribution in [0.5, 0.6) is 0 Å². The molecule has 0 saturated carbocycles. The number of carbonyl (C=O) groups excluding carboxylic acids is 3. The molecule has 0 radical (unpaired) electrons. The molecule has 0 aliphatic carbocycles. The largest absolute Gasteiger partial charge is 0.394 e. The third-order valence-corrected chi connectivity index (χ3v) is 12.8. The minimum absolute atomic E-state index is 0.0179. The lowest BCUT2D eigenvalue weighted by atomic mass is 9.65. The number of fused-ring (bicyclic) bond motifs is 1. The van der Waals surface area contributed by atoms with E-state index in [4.69, 9.17) is 11.6 Å². The summed E-state index contributed by atoms with van der Waals surface area (Å²) >= 11 is 8.38. The number of aliphatic hydroxyl groups is 1. The Morgan fingerprint density at radius 1 is 1.13 bits per heavy atom. The lowest BCUT2D eigenvalue weighted by Gasteiger charge is -2.43. The highest BCUT2D eigenvalue weighted by Gasteiger charge is 2.77. The van der Waals surface area contributed by atoms with Gasteiger partial charge in [0.05, 0.1) is 39.9 Å². The van der Waals surface area contributed by atoms with Crippen molar-refractivity contribution in [2.75, 3.05) is 24.6 Å². The van der Waals surface area contributed by atoms with Crippen LogP contribution in [0.15, 0.2) is 73.8 Å². The van der Waals surface area contributed by atoms with E-state index in [2.05, 4.69) is 20.1 Å². The second-order valence-electron chi connectivity index (χ2n) is 13.1. The van der Waals surface area contributed by atoms with Crippen molar-refractivity contribution in [3.05, 3.63) is 90.0 Å². The number of anilines is 1. The summed E-state index contributed by atoms with van der Waals surface area (Å²) in [4.78, 5) is 49.8. The van der Waals surface area contributed by atoms with Crippen molar-refractivity contribution in [2.24, 2.45) is 23.7 Å². The van der Waals surface area contributed by atoms with Crippen LogP contribution in [-0.2, 0) is 20.9 Å². The molecule has 3 amide bonds. The molecule has 3 fully saturated rings. The molecule has 2 aromatic carbocycles. The molecule has 46 heavy (non-hydrogen) atoms. The standard InChI is InChI=1S/C37H46ClN3O4S/c1-7-18-39(21-26-15-11-10-12-16-26)34(43)30-29-20-25(6)37(46-29)31(30)35(44)41(28(22-42)23(4)9-3)33(37)36(45)40(19-8-2)32-24(5)14-13-17-27(32)38/h7-8,10-17,23,25,28-31,33,42H,1-2,9,18-22H2,3-6H3/t23-,25?,28-,29-,30+,31-,33?,37?/m0/s1. The van der Waals surface area contributed by atoms with Gasteiger partial charge in [-0.25, -0.2) is 0 Å². The summed E-state index contributed by atoms with van der Waals surface area (Å²) in [7, 11) is 0. The number of aryl methyl sites for hydroxylation is 1. The Bertz CT molecular complexity index is 1470. The average Bonchev–Trinajstić information content (AvgIpc) is 3.64. The van der Waals surface area contributed by atoms with E-state index in [-0.39, 0.29) is 48.0 Å². The minimum Gasteiger partial charge on any atom is -0.394 e. The van der Waals surface area contributed by atoms with Crippen LogP contribution in [0, 0.1) is 30.6 Å². The minimum atomic E-state index is -0.892. The van der Waals surface area contributed by atoms with Crippen LogP contribution in [0.1, 0.15) is 44.7 Å². The smallest absolute Gasteiger partial charge is 0.251 e. The van der Waals surface area contributed by atoms with Crippen LogP contribution in [0.25, 0.3) is 0 Å². The van der Waals surface area contributed by atoms with Gasteiger partial charge in [-0.1, -0.05) is 93.4 Å². The summed E-state index contributed by atoms with van der Waals surface area (Å²) in [5, 5.41) is 11.1. The molecule has 3 heterocycles. The lowest BCUT2D eigenvalue weighted by Crippen LogP contribution is -2.60. The first-order valence-electron chi connectivity index (χ1n) is 16.3. The van der Waals surface area contributed by atoms with E-state index in [1.165, 1.54) is 0 Å². The highest BCUT2D eigenvalue weighted by atomic mass is 35.5. The molecule has 8 atom stereocenters. The fraction of sp³-hybridized carbons (Fsp3) is 0.486. The maximum atomic E-state index is 15.2. The zero-order chi connectivity index (χ0) is 33.3. The predicted octanol–water partition coefficient (Wildman–Crippen LogP) is 6.13. The zero-order valence-electron chi connectivity index (χ0n) is 27.3. The molecule has 2 bridgehead atoms. The Morgan fingerprint density at radius 3 is 2.43 bits per heavy atom. The number of carbonyl (C=O) groups is 3. The number of hydrogen-bond acceptors (Lipinski definition) is 5. The summed E-state index contributed by atoms with van der Waals surface area (Å²) in [6.07, 6.45) is 4.82. The Balaban J connectivity index is 1.64. The number of aliphatic hydroxyl groups excluding tert-OH is 1. The number of benzene rings is 2. The normalized spacial score (nSPS) is 27.7. The van der Waals surface area contributed by atoms with E-state index < -0.39 is 28.7 Å². The summed E-state index contributed by atoms with van der Waals surface area (Å²) in [6, 6.07) is 13.9. The third kappa shape index (κ3) is 5.60. The van der Waals surface area contributed by atoms with Crippen LogP contribution in [-0.4, -0.2) is 74.4 Å². The topological polar surface area (TPSA) is 81.2 Å². The molecular formula is C37H46ClN3O4S. The van der Waals surface area contributed by atoms with Crippen molar-refractivity contribution in [3.8, 4) is 0 Å². The number of thioether (sulfide) groups is 1. The number of rotatable bonds is 13. The lowest BCUT2D eigenvalue weighted by molar-refractivity contribution is -0.146. The van der Waals surface area contributed by atoms with Crippen LogP contribution in [0.4, 0.5) is 5.69 Å². The molecule has 5 rings (SSSR count). The van der Waals surface area contributed by atoms with Crippen molar-refractivity contribution >= 4 is 46.8 Å². The van der Waals surface area contributed by atoms with E-state index >= 15 is 4.79 Å². The maximum Gasteiger partial charge on any atom is 0.251 e. The van der Waals surface area contributed by atoms with Crippen molar-refractivity contribution in [1.82, 2.24) is 9.80 Å². The fourth-order valence-corrected chi connectivity index (χ4v) is 10.8. The molecule has 1 spiro atoms. The number of hydrogen-bond donors (Lipinski definition) is 1. The summed E-state index contributed by atoms with van der Waals surface area (Å²) in [5.74, 6) is -1.95. The van der Waals surface area contributed by atoms with E-state index in [9.17, 15) is 14.7 Å². The number of likely N-dealkylation sites (tertiary alicyclic amines) is 1. The van der Waals surface area contributed by atoms with Crippen LogP contribution >= 0.6 is 23.4 Å². The Hall–Kier alpha value is -3.07. The van der Waals surface area contributed by atoms with Crippen LogP contribution in [0.2, 0.25) is 5.02 Å². The first-order valence-corrected chi connectivity index (χ1v) is 17.5. The quantitative estimate of drug-likeness (QED) is 0.261. The molecule has 9 heteroatoms. The van der Waals surface area contributed by atoms with Crippen molar-refractivity contribution in [3.63, 3.8) is 0 Å². The first kappa shape index (κ1) is 34.3. The SMILES string of the molecule is C=CCN(Cc1ccccc1)C(=O)[C@@H]1[C@@H]2CC(C)C3(S2)C(C(=O)N(CC=C)c2c(C)cccc2Cl)N([C@@H](CO)[C@@H](C)CC)C(=O)[C@H]13. The van der Waals surface area contributed by atoms with Gasteiger partial charge < -0.3 is 19.8 Å². The molecule has 1 N–H and O–H groups in total. The summed E-state index contributed by atoms with van der Waals surface area (Å²) < 4.78 is -0.846. The fourth-order valence-electron chi connectivity index (χ4n) is 8.13. The monoisotopic (exact) mass is 663 g/mol. The highest BCUT2D eigenvalue weighted by molar-refractivity contribution is 8.02. The van der Waals surface area contributed by atoms with Gasteiger partial charge in [0.15, 0.2) is 0 Å².